The molecule has 126 valence electrons. The molecule has 6 heteroatoms. The van der Waals surface area contributed by atoms with Gasteiger partial charge in [0.1, 0.15) is 37.9 Å². The Hall–Kier alpha value is -2.60. The number of unbranched alkanes of at least 4 members (excludes halogenated alkanes) is 1. The van der Waals surface area contributed by atoms with E-state index in [0.717, 1.165) is 39.0 Å². The normalized spacial score (nSPS) is 10.5. The van der Waals surface area contributed by atoms with E-state index in [2.05, 4.69) is 69.0 Å². The minimum atomic E-state index is 0.550. The molecule has 0 amide bonds. The summed E-state index contributed by atoms with van der Waals surface area (Å²) in [7, 11) is 0. The molecule has 0 spiro atoms. The van der Waals surface area contributed by atoms with Crippen LogP contribution >= 0.6 is 0 Å². The maximum Gasteiger partial charge on any atom is 0.253 e. The Kier molecular flexibility index (Phi) is 6.57. The van der Waals surface area contributed by atoms with E-state index in [1.54, 1.807) is 0 Å². The molecule has 2 aromatic heterocycles. The maximum absolute atomic E-state index is 8.69. The van der Waals surface area contributed by atoms with Crippen molar-refractivity contribution in [1.29, 1.82) is 10.5 Å². The standard InChI is InChI=1S/C18H26N6/c1-17-21(13-15-23(17)11-5-7-19)9-3-4-10-22-14-16-24(18(22)2)12-6-8-20/h13-16H,3-6,9-12H2,1-2H3/q+2. The lowest BCUT2D eigenvalue weighted by Gasteiger charge is -2.02. The minimum absolute atomic E-state index is 0.550. The van der Waals surface area contributed by atoms with Crippen LogP contribution in [0.4, 0.5) is 0 Å². The fourth-order valence-electron chi connectivity index (χ4n) is 2.93. The van der Waals surface area contributed by atoms with Crippen molar-refractivity contribution in [2.45, 2.75) is 65.7 Å². The van der Waals surface area contributed by atoms with Crippen molar-refractivity contribution in [2.75, 3.05) is 0 Å². The van der Waals surface area contributed by atoms with Gasteiger partial charge in [0, 0.05) is 13.8 Å². The van der Waals surface area contributed by atoms with Gasteiger partial charge >= 0.3 is 0 Å². The van der Waals surface area contributed by atoms with Crippen LogP contribution < -0.4 is 9.13 Å². The highest BCUT2D eigenvalue weighted by molar-refractivity contribution is 4.82. The molecule has 0 saturated heterocycles. The monoisotopic (exact) mass is 326 g/mol. The van der Waals surface area contributed by atoms with Crippen LogP contribution in [0, 0.1) is 36.5 Å². The Morgan fingerprint density at radius 2 is 1.25 bits per heavy atom. The number of nitrogens with zero attached hydrogens (tertiary/aromatic N) is 6. The van der Waals surface area contributed by atoms with Crippen molar-refractivity contribution in [3.05, 3.63) is 36.4 Å². The Balaban J connectivity index is 1.79. The van der Waals surface area contributed by atoms with Gasteiger partial charge in [0.2, 0.25) is 0 Å². The lowest BCUT2D eigenvalue weighted by Crippen LogP contribution is -2.35. The zero-order chi connectivity index (χ0) is 17.4. The van der Waals surface area contributed by atoms with Crippen LogP contribution in [0.15, 0.2) is 24.8 Å². The number of aryl methyl sites for hydroxylation is 4. The summed E-state index contributed by atoms with van der Waals surface area (Å²) >= 11 is 0. The molecule has 0 aliphatic rings. The Labute approximate surface area is 143 Å². The van der Waals surface area contributed by atoms with Crippen molar-refractivity contribution >= 4 is 0 Å². The van der Waals surface area contributed by atoms with Crippen LogP contribution in [-0.4, -0.2) is 9.13 Å². The molecule has 0 aromatic carbocycles. The fourth-order valence-corrected chi connectivity index (χ4v) is 2.93. The largest absolute Gasteiger partial charge is 0.253 e. The van der Waals surface area contributed by atoms with Gasteiger partial charge in [0.15, 0.2) is 0 Å². The summed E-state index contributed by atoms with van der Waals surface area (Å²) in [5, 5.41) is 17.4. The fraction of sp³-hybridized carbons (Fsp3) is 0.556. The Bertz CT molecular complexity index is 676. The van der Waals surface area contributed by atoms with Crippen LogP contribution in [0.25, 0.3) is 0 Å². The summed E-state index contributed by atoms with van der Waals surface area (Å²) < 4.78 is 8.79. The summed E-state index contributed by atoms with van der Waals surface area (Å²) in [4.78, 5) is 0. The van der Waals surface area contributed by atoms with E-state index in [1.165, 1.54) is 11.6 Å². The molecule has 2 aromatic rings. The summed E-state index contributed by atoms with van der Waals surface area (Å²) in [5.41, 5.74) is 0. The van der Waals surface area contributed by atoms with Crippen LogP contribution in [0.3, 0.4) is 0 Å². The van der Waals surface area contributed by atoms with Crippen molar-refractivity contribution in [3.63, 3.8) is 0 Å². The highest BCUT2D eigenvalue weighted by Gasteiger charge is 2.13. The van der Waals surface area contributed by atoms with Crippen molar-refractivity contribution in [1.82, 2.24) is 9.13 Å². The van der Waals surface area contributed by atoms with Crippen molar-refractivity contribution < 1.29 is 9.13 Å². The Morgan fingerprint density at radius 3 is 1.62 bits per heavy atom. The summed E-state index contributed by atoms with van der Waals surface area (Å²) in [6.07, 6.45) is 11.6. The van der Waals surface area contributed by atoms with Gasteiger partial charge in [-0.25, -0.2) is 18.3 Å². The van der Waals surface area contributed by atoms with E-state index in [9.17, 15) is 0 Å². The van der Waals surface area contributed by atoms with Gasteiger partial charge < -0.3 is 0 Å². The van der Waals surface area contributed by atoms with Crippen LogP contribution in [0.1, 0.15) is 37.3 Å². The number of rotatable bonds is 9. The first-order valence-corrected chi connectivity index (χ1v) is 8.51. The third-order valence-corrected chi connectivity index (χ3v) is 4.49. The zero-order valence-corrected chi connectivity index (χ0v) is 14.6. The van der Waals surface area contributed by atoms with Crippen molar-refractivity contribution in [2.24, 2.45) is 0 Å². The summed E-state index contributed by atoms with van der Waals surface area (Å²) in [6.45, 7) is 7.73. The predicted octanol–water partition coefficient (Wildman–Crippen LogP) is 1.79. The molecule has 0 aliphatic heterocycles. The first-order chi connectivity index (χ1) is 11.7. The molecule has 0 radical (unpaired) electrons. The van der Waals surface area contributed by atoms with E-state index in [-0.39, 0.29) is 0 Å². The highest BCUT2D eigenvalue weighted by Crippen LogP contribution is 2.03. The quantitative estimate of drug-likeness (QED) is 0.521. The van der Waals surface area contributed by atoms with E-state index < -0.39 is 0 Å². The molecule has 0 N–H and O–H groups in total. The number of hydrogen-bond acceptors (Lipinski definition) is 2. The average Bonchev–Trinajstić information content (AvgIpc) is 3.11. The van der Waals surface area contributed by atoms with Crippen LogP contribution in [0.2, 0.25) is 0 Å². The molecule has 24 heavy (non-hydrogen) atoms. The van der Waals surface area contributed by atoms with Gasteiger partial charge in [0.25, 0.3) is 11.6 Å². The third kappa shape index (κ3) is 4.45. The smallest absolute Gasteiger partial charge is 0.234 e. The van der Waals surface area contributed by atoms with Gasteiger partial charge in [0.05, 0.1) is 38.1 Å². The van der Waals surface area contributed by atoms with Gasteiger partial charge in [-0.3, -0.25) is 0 Å². The van der Waals surface area contributed by atoms with E-state index in [1.807, 2.05) is 0 Å². The molecule has 0 atom stereocenters. The Morgan fingerprint density at radius 1 is 0.833 bits per heavy atom. The van der Waals surface area contributed by atoms with Gasteiger partial charge in [-0.15, -0.1) is 0 Å². The molecule has 0 aliphatic carbocycles. The predicted molar refractivity (Wildman–Crippen MR) is 88.4 cm³/mol. The molecular formula is C18H26N6+2. The number of aromatic nitrogens is 4. The van der Waals surface area contributed by atoms with Gasteiger partial charge in [-0.2, -0.15) is 10.5 Å². The van der Waals surface area contributed by atoms with E-state index >= 15 is 0 Å². The maximum atomic E-state index is 8.69. The average molecular weight is 326 g/mol. The third-order valence-electron chi connectivity index (χ3n) is 4.49. The second-order valence-corrected chi connectivity index (χ2v) is 5.99. The van der Waals surface area contributed by atoms with E-state index in [0.29, 0.717) is 12.8 Å². The van der Waals surface area contributed by atoms with Gasteiger partial charge in [-0.1, -0.05) is 0 Å². The number of imidazole rings is 2. The van der Waals surface area contributed by atoms with E-state index in [4.69, 9.17) is 10.5 Å². The summed E-state index contributed by atoms with van der Waals surface area (Å²) in [5.74, 6) is 2.41. The van der Waals surface area contributed by atoms with Crippen LogP contribution in [-0.2, 0) is 26.2 Å². The lowest BCUT2D eigenvalue weighted by atomic mass is 10.3. The number of nitriles is 2. The molecular weight excluding hydrogens is 300 g/mol. The lowest BCUT2D eigenvalue weighted by molar-refractivity contribution is -0.701. The number of hydrogen-bond donors (Lipinski definition) is 0. The minimum Gasteiger partial charge on any atom is -0.234 e. The van der Waals surface area contributed by atoms with Gasteiger partial charge in [-0.05, 0) is 12.8 Å². The molecule has 6 nitrogen and oxygen atoms in total. The molecule has 0 unspecified atom stereocenters. The highest BCUT2D eigenvalue weighted by atomic mass is 15.2. The summed E-state index contributed by atoms with van der Waals surface area (Å²) in [6, 6.07) is 4.38. The second kappa shape index (κ2) is 8.88. The SMILES string of the molecule is Cc1n(CCCCn2cc[n+](CCC#N)c2C)cc[n+]1CCC#N. The first kappa shape index (κ1) is 17.7. The topological polar surface area (TPSA) is 65.2 Å². The molecule has 0 saturated carbocycles. The first-order valence-electron chi connectivity index (χ1n) is 8.51. The second-order valence-electron chi connectivity index (χ2n) is 5.99. The molecule has 2 rings (SSSR count). The molecule has 0 fully saturated rings. The zero-order valence-electron chi connectivity index (χ0n) is 14.6. The molecule has 0 bridgehead atoms. The van der Waals surface area contributed by atoms with Crippen LogP contribution in [0.5, 0.6) is 0 Å². The van der Waals surface area contributed by atoms with Crippen molar-refractivity contribution in [3.8, 4) is 12.1 Å². The molecule has 2 heterocycles.